The lowest BCUT2D eigenvalue weighted by atomic mass is 10.0. The Morgan fingerprint density at radius 2 is 1.52 bits per heavy atom. The van der Waals surface area contributed by atoms with Gasteiger partial charge in [0, 0.05) is 18.0 Å². The number of hydrogen-bond donors (Lipinski definition) is 1. The molecule has 0 saturated heterocycles. The van der Waals surface area contributed by atoms with Gasteiger partial charge in [-0.3, -0.25) is 4.57 Å². The van der Waals surface area contributed by atoms with Crippen molar-refractivity contribution in [1.29, 1.82) is 0 Å². The van der Waals surface area contributed by atoms with Crippen LogP contribution in [0.4, 0.5) is 4.79 Å². The Labute approximate surface area is 157 Å². The number of benzene rings is 3. The largest absolute Gasteiger partial charge is 0.488 e. The highest BCUT2D eigenvalue weighted by molar-refractivity contribution is 5.93. The maximum atomic E-state index is 11.5. The molecule has 0 aliphatic heterocycles. The smallest absolute Gasteiger partial charge is 0.416 e. The minimum atomic E-state index is -1.00. The molecular weight excluding hydrogens is 338 g/mol. The molecular formula is C23H19NO3. The molecule has 0 fully saturated rings. The van der Waals surface area contributed by atoms with Gasteiger partial charge in [0.15, 0.2) is 0 Å². The van der Waals surface area contributed by atoms with E-state index < -0.39 is 6.09 Å². The maximum absolute atomic E-state index is 11.5. The summed E-state index contributed by atoms with van der Waals surface area (Å²) in [7, 11) is 0. The lowest BCUT2D eigenvalue weighted by molar-refractivity contribution is 0.197. The van der Waals surface area contributed by atoms with Crippen LogP contribution in [0.1, 0.15) is 16.7 Å². The van der Waals surface area contributed by atoms with Gasteiger partial charge in [-0.25, -0.2) is 4.79 Å². The van der Waals surface area contributed by atoms with Gasteiger partial charge < -0.3 is 9.84 Å². The molecule has 0 spiro atoms. The lowest BCUT2D eigenvalue weighted by Gasteiger charge is -2.14. The fourth-order valence-electron chi connectivity index (χ4n) is 3.26. The van der Waals surface area contributed by atoms with E-state index in [1.54, 1.807) is 12.3 Å². The number of carbonyl (C=O) groups is 1. The minimum absolute atomic E-state index is 0.431. The van der Waals surface area contributed by atoms with Crippen molar-refractivity contribution >= 4 is 17.0 Å². The molecule has 1 heterocycles. The van der Waals surface area contributed by atoms with Crippen LogP contribution in [0.2, 0.25) is 0 Å². The quantitative estimate of drug-likeness (QED) is 0.525. The zero-order valence-electron chi connectivity index (χ0n) is 14.7. The van der Waals surface area contributed by atoms with Crippen molar-refractivity contribution in [2.45, 2.75) is 13.0 Å². The van der Waals surface area contributed by atoms with Crippen LogP contribution in [0.5, 0.6) is 5.75 Å². The molecule has 4 aromatic rings. The van der Waals surface area contributed by atoms with Crippen LogP contribution in [0.15, 0.2) is 85.1 Å². The summed E-state index contributed by atoms with van der Waals surface area (Å²) in [4.78, 5) is 11.5. The van der Waals surface area contributed by atoms with Gasteiger partial charge in [-0.05, 0) is 28.8 Å². The summed E-state index contributed by atoms with van der Waals surface area (Å²) in [5, 5.41) is 10.2. The van der Waals surface area contributed by atoms with Crippen molar-refractivity contribution in [3.63, 3.8) is 0 Å². The first-order chi connectivity index (χ1) is 13.2. The van der Waals surface area contributed by atoms with Gasteiger partial charge in [0.1, 0.15) is 12.4 Å². The first-order valence-electron chi connectivity index (χ1n) is 8.79. The van der Waals surface area contributed by atoms with Crippen molar-refractivity contribution in [2.75, 3.05) is 0 Å². The summed E-state index contributed by atoms with van der Waals surface area (Å²) in [6.45, 7) is 0.431. The average molecular weight is 357 g/mol. The normalized spacial score (nSPS) is 10.8. The summed E-state index contributed by atoms with van der Waals surface area (Å²) in [6.07, 6.45) is 1.28. The molecule has 0 atom stereocenters. The highest BCUT2D eigenvalue weighted by atomic mass is 16.5. The van der Waals surface area contributed by atoms with Gasteiger partial charge in [0.25, 0.3) is 0 Å². The second kappa shape index (κ2) is 7.38. The Hall–Kier alpha value is -3.53. The number of aromatic nitrogens is 1. The molecule has 0 radical (unpaired) electrons. The number of nitrogens with zero attached hydrogens (tertiary/aromatic N) is 1. The van der Waals surface area contributed by atoms with E-state index in [2.05, 4.69) is 12.1 Å². The topological polar surface area (TPSA) is 51.5 Å². The van der Waals surface area contributed by atoms with E-state index in [0.29, 0.717) is 12.1 Å². The summed E-state index contributed by atoms with van der Waals surface area (Å²) < 4.78 is 7.41. The SMILES string of the molecule is O=C(O)n1ccc2c(OCc3ccccc3)c(Cc3ccccc3)ccc21. The molecule has 134 valence electrons. The standard InChI is InChI=1S/C23H19NO3/c25-23(26)24-14-13-20-21(24)12-11-19(15-17-7-3-1-4-8-17)22(20)27-16-18-9-5-2-6-10-18/h1-14H,15-16H2,(H,25,26). The number of ether oxygens (including phenoxy) is 1. The number of fused-ring (bicyclic) bond motifs is 1. The zero-order chi connectivity index (χ0) is 18.6. The van der Waals surface area contributed by atoms with Crippen molar-refractivity contribution in [1.82, 2.24) is 4.57 Å². The third-order valence-electron chi connectivity index (χ3n) is 4.57. The number of rotatable bonds is 5. The highest BCUT2D eigenvalue weighted by Gasteiger charge is 2.15. The molecule has 0 saturated carbocycles. The van der Waals surface area contributed by atoms with Gasteiger partial charge >= 0.3 is 6.09 Å². The molecule has 1 aromatic heterocycles. The molecule has 0 aliphatic rings. The van der Waals surface area contributed by atoms with Crippen LogP contribution in [-0.4, -0.2) is 15.8 Å². The zero-order valence-corrected chi connectivity index (χ0v) is 14.7. The van der Waals surface area contributed by atoms with Crippen LogP contribution in [0, 0.1) is 0 Å². The van der Waals surface area contributed by atoms with Crippen molar-refractivity contribution < 1.29 is 14.6 Å². The second-order valence-electron chi connectivity index (χ2n) is 6.39. The van der Waals surface area contributed by atoms with Crippen LogP contribution >= 0.6 is 0 Å². The van der Waals surface area contributed by atoms with Gasteiger partial charge in [-0.15, -0.1) is 0 Å². The lowest BCUT2D eigenvalue weighted by Crippen LogP contribution is -2.06. The van der Waals surface area contributed by atoms with Gasteiger partial charge in [0.2, 0.25) is 0 Å². The third kappa shape index (κ3) is 3.55. The Kier molecular flexibility index (Phi) is 4.62. The third-order valence-corrected chi connectivity index (χ3v) is 4.57. The van der Waals surface area contributed by atoms with E-state index in [0.717, 1.165) is 28.7 Å². The van der Waals surface area contributed by atoms with Crippen molar-refractivity contribution in [2.24, 2.45) is 0 Å². The molecule has 27 heavy (non-hydrogen) atoms. The molecule has 0 bridgehead atoms. The molecule has 4 heteroatoms. The van der Waals surface area contributed by atoms with E-state index >= 15 is 0 Å². The van der Waals surface area contributed by atoms with Crippen molar-refractivity contribution in [3.8, 4) is 5.75 Å². The molecule has 3 aromatic carbocycles. The molecule has 4 nitrogen and oxygen atoms in total. The predicted molar refractivity (Wildman–Crippen MR) is 105 cm³/mol. The molecule has 0 unspecified atom stereocenters. The Morgan fingerprint density at radius 3 is 2.19 bits per heavy atom. The Bertz CT molecular complexity index is 1070. The number of carboxylic acid groups (broad SMARTS) is 1. The maximum Gasteiger partial charge on any atom is 0.416 e. The van der Waals surface area contributed by atoms with Crippen molar-refractivity contribution in [3.05, 3.63) is 102 Å². The summed E-state index contributed by atoms with van der Waals surface area (Å²) in [5.41, 5.74) is 3.91. The monoisotopic (exact) mass is 357 g/mol. The second-order valence-corrected chi connectivity index (χ2v) is 6.39. The molecule has 0 aliphatic carbocycles. The molecule has 0 amide bonds. The van der Waals surface area contributed by atoms with Gasteiger partial charge in [-0.2, -0.15) is 0 Å². The Morgan fingerprint density at radius 1 is 0.852 bits per heavy atom. The molecule has 1 N–H and O–H groups in total. The predicted octanol–water partition coefficient (Wildman–Crippen LogP) is 5.34. The molecule has 4 rings (SSSR count). The van der Waals surface area contributed by atoms with E-state index in [1.807, 2.05) is 60.7 Å². The van der Waals surface area contributed by atoms with Crippen LogP contribution < -0.4 is 4.74 Å². The first-order valence-corrected chi connectivity index (χ1v) is 8.79. The Balaban J connectivity index is 1.75. The summed E-state index contributed by atoms with van der Waals surface area (Å²) in [6, 6.07) is 25.7. The average Bonchev–Trinajstić information content (AvgIpc) is 3.13. The highest BCUT2D eigenvalue weighted by Crippen LogP contribution is 2.33. The summed E-state index contributed by atoms with van der Waals surface area (Å²) >= 11 is 0. The van der Waals surface area contributed by atoms with Gasteiger partial charge in [-0.1, -0.05) is 66.7 Å². The van der Waals surface area contributed by atoms with E-state index in [9.17, 15) is 9.90 Å². The minimum Gasteiger partial charge on any atom is -0.488 e. The summed E-state index contributed by atoms with van der Waals surface area (Å²) in [5.74, 6) is 0.736. The number of hydrogen-bond acceptors (Lipinski definition) is 2. The first kappa shape index (κ1) is 16.9. The fourth-order valence-corrected chi connectivity index (χ4v) is 3.26. The fraction of sp³-hybridized carbons (Fsp3) is 0.0870. The van der Waals surface area contributed by atoms with E-state index in [1.165, 1.54) is 10.1 Å². The van der Waals surface area contributed by atoms with E-state index in [4.69, 9.17) is 4.74 Å². The van der Waals surface area contributed by atoms with Crippen LogP contribution in [-0.2, 0) is 13.0 Å². The van der Waals surface area contributed by atoms with E-state index in [-0.39, 0.29) is 0 Å². The van der Waals surface area contributed by atoms with Gasteiger partial charge in [0.05, 0.1) is 5.52 Å². The van der Waals surface area contributed by atoms with Crippen LogP contribution in [0.3, 0.4) is 0 Å². The van der Waals surface area contributed by atoms with Crippen LogP contribution in [0.25, 0.3) is 10.9 Å².